The summed E-state index contributed by atoms with van der Waals surface area (Å²) < 4.78 is 22.8. The number of quaternary nitrogens is 1. The van der Waals surface area contributed by atoms with Crippen molar-refractivity contribution in [3.05, 3.63) is 72.9 Å². The van der Waals surface area contributed by atoms with Crippen LogP contribution in [0.3, 0.4) is 0 Å². The van der Waals surface area contributed by atoms with Crippen LogP contribution in [0.5, 0.6) is 0 Å². The van der Waals surface area contributed by atoms with Crippen molar-refractivity contribution in [1.29, 1.82) is 0 Å². The van der Waals surface area contributed by atoms with E-state index < -0.39 is 24.3 Å². The molecule has 0 aliphatic carbocycles. The lowest BCUT2D eigenvalue weighted by Gasteiger charge is -2.26. The lowest BCUT2D eigenvalue weighted by atomic mass is 10.0. The highest BCUT2D eigenvalue weighted by Gasteiger charge is 2.22. The number of unbranched alkanes of at least 4 members (excludes halogenated alkanes) is 42. The Balaban J connectivity index is 4.00. The molecule has 0 aliphatic heterocycles. The number of aliphatic carboxylic acids is 1. The van der Waals surface area contributed by atoms with Gasteiger partial charge in [0.25, 0.3) is 0 Å². The fourth-order valence-electron chi connectivity index (χ4n) is 10.8. The van der Waals surface area contributed by atoms with Crippen LogP contribution in [-0.4, -0.2) is 82.3 Å². The van der Waals surface area contributed by atoms with Crippen molar-refractivity contribution in [2.24, 2.45) is 0 Å². The zero-order valence-electron chi connectivity index (χ0n) is 57.9. The maximum absolute atomic E-state index is 12.9. The smallest absolute Gasteiger partial charge is 0.306 e. The molecule has 0 rings (SSSR count). The van der Waals surface area contributed by atoms with Crippen molar-refractivity contribution in [2.45, 2.75) is 360 Å². The Morgan fingerprint density at radius 1 is 0.356 bits per heavy atom. The van der Waals surface area contributed by atoms with Gasteiger partial charge in [0, 0.05) is 12.8 Å². The maximum Gasteiger partial charge on any atom is 0.306 e. The highest BCUT2D eigenvalue weighted by atomic mass is 16.7. The average molecular weight is 1220 g/mol. The van der Waals surface area contributed by atoms with E-state index in [0.717, 1.165) is 70.6 Å². The summed E-state index contributed by atoms with van der Waals surface area (Å²) in [5.41, 5.74) is 0. The molecule has 506 valence electrons. The zero-order chi connectivity index (χ0) is 63.3. The van der Waals surface area contributed by atoms with E-state index in [4.69, 9.17) is 18.9 Å². The van der Waals surface area contributed by atoms with Gasteiger partial charge in [0.05, 0.1) is 40.3 Å². The van der Waals surface area contributed by atoms with Gasteiger partial charge >= 0.3 is 11.9 Å². The second kappa shape index (κ2) is 68.6. The molecule has 9 heteroatoms. The Kier molecular flexibility index (Phi) is 66.1. The number of allylic oxidation sites excluding steroid dienone is 12. The molecule has 0 aromatic heterocycles. The van der Waals surface area contributed by atoms with Crippen LogP contribution in [0.4, 0.5) is 0 Å². The summed E-state index contributed by atoms with van der Waals surface area (Å²) in [5, 5.41) is 11.8. The second-order valence-corrected chi connectivity index (χ2v) is 26.2. The van der Waals surface area contributed by atoms with Crippen LogP contribution in [0.15, 0.2) is 72.9 Å². The number of carboxylic acid groups (broad SMARTS) is 1. The summed E-state index contributed by atoms with van der Waals surface area (Å²) in [6.45, 7) is 4.67. The van der Waals surface area contributed by atoms with Gasteiger partial charge in [0.2, 0.25) is 0 Å². The molecule has 0 N–H and O–H groups in total. The van der Waals surface area contributed by atoms with Crippen LogP contribution >= 0.6 is 0 Å². The zero-order valence-corrected chi connectivity index (χ0v) is 57.9. The highest BCUT2D eigenvalue weighted by Crippen LogP contribution is 2.19. The quantitative estimate of drug-likeness (QED) is 0.0195. The fourth-order valence-corrected chi connectivity index (χ4v) is 10.8. The van der Waals surface area contributed by atoms with E-state index in [9.17, 15) is 19.5 Å². The molecule has 0 radical (unpaired) electrons. The number of carbonyl (C=O) groups is 3. The molecule has 0 saturated carbocycles. The van der Waals surface area contributed by atoms with Crippen LogP contribution in [0.2, 0.25) is 0 Å². The van der Waals surface area contributed by atoms with Gasteiger partial charge in [0.15, 0.2) is 12.4 Å². The number of hydrogen-bond donors (Lipinski definition) is 0. The summed E-state index contributed by atoms with van der Waals surface area (Å²) in [7, 11) is 5.94. The molecule has 9 nitrogen and oxygen atoms in total. The number of likely N-dealkylation sites (N-methyl/N-ethyl adjacent to an activating group) is 1. The molecule has 0 saturated heterocycles. The van der Waals surface area contributed by atoms with Gasteiger partial charge in [-0.1, -0.05) is 324 Å². The summed E-state index contributed by atoms with van der Waals surface area (Å²) in [6.07, 6.45) is 88.6. The van der Waals surface area contributed by atoms with Gasteiger partial charge in [-0.2, -0.15) is 0 Å². The van der Waals surface area contributed by atoms with Gasteiger partial charge in [-0.25, -0.2) is 0 Å². The average Bonchev–Trinajstić information content (AvgIpc) is 3.59. The van der Waals surface area contributed by atoms with Crippen LogP contribution in [0.1, 0.15) is 348 Å². The minimum atomic E-state index is -1.62. The van der Waals surface area contributed by atoms with E-state index in [2.05, 4.69) is 86.8 Å². The molecule has 0 spiro atoms. The first-order chi connectivity index (χ1) is 42.6. The van der Waals surface area contributed by atoms with Crippen molar-refractivity contribution in [3.63, 3.8) is 0 Å². The summed E-state index contributed by atoms with van der Waals surface area (Å²) in [4.78, 5) is 37.5. The van der Waals surface area contributed by atoms with Crippen LogP contribution < -0.4 is 5.11 Å². The molecular formula is C78H141NO8. The molecule has 2 unspecified atom stereocenters. The van der Waals surface area contributed by atoms with E-state index >= 15 is 0 Å². The van der Waals surface area contributed by atoms with E-state index in [1.165, 1.54) is 244 Å². The Hall–Kier alpha value is -3.27. The Labute approximate surface area is 538 Å². The molecular weight excluding hydrogens is 1080 g/mol. The molecule has 0 aromatic carbocycles. The summed E-state index contributed by atoms with van der Waals surface area (Å²) in [5.74, 6) is -2.27. The monoisotopic (exact) mass is 1220 g/mol. The first kappa shape index (κ1) is 83.7. The van der Waals surface area contributed by atoms with Crippen molar-refractivity contribution in [2.75, 3.05) is 47.5 Å². The first-order valence-corrected chi connectivity index (χ1v) is 37.1. The van der Waals surface area contributed by atoms with Gasteiger partial charge < -0.3 is 33.3 Å². The largest absolute Gasteiger partial charge is 0.545 e. The molecule has 2 atom stereocenters. The molecule has 0 heterocycles. The van der Waals surface area contributed by atoms with Gasteiger partial charge in [-0.3, -0.25) is 9.59 Å². The van der Waals surface area contributed by atoms with E-state index in [1.54, 1.807) is 0 Å². The third kappa shape index (κ3) is 70.1. The van der Waals surface area contributed by atoms with Crippen molar-refractivity contribution < 1.29 is 42.9 Å². The third-order valence-corrected chi connectivity index (χ3v) is 16.4. The Morgan fingerprint density at radius 3 is 0.977 bits per heavy atom. The number of nitrogens with zero attached hydrogens (tertiary/aromatic N) is 1. The van der Waals surface area contributed by atoms with Crippen LogP contribution in [0, 0.1) is 0 Å². The highest BCUT2D eigenvalue weighted by molar-refractivity contribution is 5.70. The van der Waals surface area contributed by atoms with Crippen molar-refractivity contribution >= 4 is 17.9 Å². The van der Waals surface area contributed by atoms with Gasteiger partial charge in [0.1, 0.15) is 13.2 Å². The number of esters is 2. The minimum absolute atomic E-state index is 0.147. The van der Waals surface area contributed by atoms with Gasteiger partial charge in [-0.15, -0.1) is 0 Å². The predicted molar refractivity (Wildman–Crippen MR) is 371 cm³/mol. The topological polar surface area (TPSA) is 111 Å². The molecule has 0 aromatic rings. The Morgan fingerprint density at radius 2 is 0.655 bits per heavy atom. The maximum atomic E-state index is 12.9. The van der Waals surface area contributed by atoms with Crippen LogP contribution in [-0.2, 0) is 33.3 Å². The molecule has 0 aliphatic rings. The summed E-state index contributed by atoms with van der Waals surface area (Å²) >= 11 is 0. The van der Waals surface area contributed by atoms with Crippen molar-refractivity contribution in [1.82, 2.24) is 0 Å². The van der Waals surface area contributed by atoms with Crippen molar-refractivity contribution in [3.8, 4) is 0 Å². The molecule has 87 heavy (non-hydrogen) atoms. The van der Waals surface area contributed by atoms with Gasteiger partial charge in [-0.05, 0) is 83.5 Å². The lowest BCUT2D eigenvalue weighted by Crippen LogP contribution is -2.44. The number of hydrogen-bond acceptors (Lipinski definition) is 8. The SMILES string of the molecule is CC/C=C\C/C=C\C/C=C\C/C=C\CCCCCCCCCCCCCCC(=O)OC(COC(=O)CCCCCCCCCCCCCCCCCCCCCCCCCCC/C=C\C/C=C\CCCCCCC)COC(OCC[N+](C)(C)C)C(=O)[O-]. The number of carbonyl (C=O) groups excluding carboxylic acids is 3. The summed E-state index contributed by atoms with van der Waals surface area (Å²) in [6, 6.07) is 0. The third-order valence-electron chi connectivity index (χ3n) is 16.4. The minimum Gasteiger partial charge on any atom is -0.545 e. The number of carboxylic acids is 1. The standard InChI is InChI=1S/C78H141NO8/c1-6-8-10-12-14-16-18-20-22-24-26-28-30-32-33-34-35-36-37-38-39-40-41-42-43-45-46-48-50-52-54-56-58-60-62-64-66-68-75(80)85-72-74(73-86-78(77(82)83)84-71-70-79(3,4)5)87-76(81)69-67-65-63-61-59-57-55-53-51-49-47-44-31-29-27-25-23-21-19-17-15-13-11-9-7-2/h9,11,15,17-18,20-21,23-24,26-27,29,74,78H,6-8,10,12-14,16,19,22,25,28,30-73H2,1-5H3/b11-9-,17-15-,20-18-,23-21-,26-24-,29-27-. The number of ether oxygens (including phenoxy) is 4. The predicted octanol–water partition coefficient (Wildman–Crippen LogP) is 21.9. The van der Waals surface area contributed by atoms with E-state index in [0.29, 0.717) is 23.9 Å². The fraction of sp³-hybridized carbons (Fsp3) is 0.808. The van der Waals surface area contributed by atoms with E-state index in [1.807, 2.05) is 21.1 Å². The normalized spacial score (nSPS) is 13.1. The molecule has 0 bridgehead atoms. The number of rotatable bonds is 69. The molecule has 0 amide bonds. The lowest BCUT2D eigenvalue weighted by molar-refractivity contribution is -0.870. The van der Waals surface area contributed by atoms with Crippen LogP contribution in [0.25, 0.3) is 0 Å². The van der Waals surface area contributed by atoms with E-state index in [-0.39, 0.29) is 32.2 Å². The molecule has 0 fully saturated rings. The second-order valence-electron chi connectivity index (χ2n) is 26.2. The Bertz CT molecular complexity index is 1660. The first-order valence-electron chi connectivity index (χ1n) is 37.1.